The molecule has 0 aromatic heterocycles. The fourth-order valence-electron chi connectivity index (χ4n) is 1.93. The maximum Gasteiger partial charge on any atom is 0.318 e. The zero-order valence-corrected chi connectivity index (χ0v) is 10.6. The van der Waals surface area contributed by atoms with Gasteiger partial charge in [-0.25, -0.2) is 8.42 Å². The van der Waals surface area contributed by atoms with Crippen molar-refractivity contribution in [2.45, 2.75) is 19.8 Å². The Hall–Kier alpha value is -1.11. The molecule has 1 rings (SSSR count). The second kappa shape index (κ2) is 5.48. The van der Waals surface area contributed by atoms with Crippen molar-refractivity contribution in [3.63, 3.8) is 0 Å². The van der Waals surface area contributed by atoms with Crippen molar-refractivity contribution in [2.75, 3.05) is 24.6 Å². The Bertz CT molecular complexity index is 403. The molecule has 98 valence electrons. The Labute approximate surface area is 101 Å². The molecule has 1 saturated heterocycles. The number of nitrogens with zero attached hydrogens (tertiary/aromatic N) is 1. The average molecular weight is 263 g/mol. The minimum absolute atomic E-state index is 0.370. The van der Waals surface area contributed by atoms with Crippen LogP contribution >= 0.6 is 0 Å². The quantitative estimate of drug-likeness (QED) is 0.754. The maximum atomic E-state index is 11.7. The molecule has 0 aliphatic carbocycles. The van der Waals surface area contributed by atoms with Crippen LogP contribution in [-0.2, 0) is 19.4 Å². The summed E-state index contributed by atoms with van der Waals surface area (Å²) in [5.41, 5.74) is 0. The molecule has 0 saturated carbocycles. The van der Waals surface area contributed by atoms with Crippen LogP contribution in [0.15, 0.2) is 0 Å². The Morgan fingerprint density at radius 1 is 1.35 bits per heavy atom. The lowest BCUT2D eigenvalue weighted by atomic mass is 10.0. The van der Waals surface area contributed by atoms with Gasteiger partial charge in [-0.2, -0.15) is 0 Å². The Morgan fingerprint density at radius 2 is 2.00 bits per heavy atom. The van der Waals surface area contributed by atoms with Crippen LogP contribution in [0.3, 0.4) is 0 Å². The summed E-state index contributed by atoms with van der Waals surface area (Å²) in [7, 11) is -3.84. The Balaban J connectivity index is 2.56. The average Bonchev–Trinajstić information content (AvgIpc) is 2.14. The molecule has 0 aromatic carbocycles. The smallest absolute Gasteiger partial charge is 0.318 e. The van der Waals surface area contributed by atoms with E-state index in [0.29, 0.717) is 19.0 Å². The van der Waals surface area contributed by atoms with E-state index in [1.165, 1.54) is 4.90 Å². The monoisotopic (exact) mass is 263 g/mol. The van der Waals surface area contributed by atoms with Crippen LogP contribution in [0.1, 0.15) is 19.8 Å². The van der Waals surface area contributed by atoms with E-state index >= 15 is 0 Å². The molecule has 1 unspecified atom stereocenters. The van der Waals surface area contributed by atoms with Crippen LogP contribution < -0.4 is 0 Å². The molecular formula is C10H17NO5S. The number of sulfone groups is 1. The fourth-order valence-corrected chi connectivity index (χ4v) is 2.97. The first kappa shape index (κ1) is 14.0. The van der Waals surface area contributed by atoms with Crippen LogP contribution in [0.2, 0.25) is 0 Å². The summed E-state index contributed by atoms with van der Waals surface area (Å²) in [6, 6.07) is 0. The highest BCUT2D eigenvalue weighted by molar-refractivity contribution is 7.92. The van der Waals surface area contributed by atoms with Crippen molar-refractivity contribution < 1.29 is 23.1 Å². The van der Waals surface area contributed by atoms with Crippen LogP contribution in [0.5, 0.6) is 0 Å². The fraction of sp³-hybridized carbons (Fsp3) is 0.800. The van der Waals surface area contributed by atoms with Gasteiger partial charge in [0.05, 0.1) is 0 Å². The first-order chi connectivity index (χ1) is 7.80. The lowest BCUT2D eigenvalue weighted by Crippen LogP contribution is -2.42. The third-order valence-electron chi connectivity index (χ3n) is 2.70. The maximum absolute atomic E-state index is 11.7. The largest absolute Gasteiger partial charge is 0.480 e. The van der Waals surface area contributed by atoms with Crippen molar-refractivity contribution in [3.05, 3.63) is 0 Å². The lowest BCUT2D eigenvalue weighted by Gasteiger charge is -2.30. The van der Waals surface area contributed by atoms with E-state index < -0.39 is 33.2 Å². The number of piperidine rings is 1. The Kier molecular flexibility index (Phi) is 4.50. The Morgan fingerprint density at radius 3 is 2.53 bits per heavy atom. The molecule has 1 N–H and O–H groups in total. The zero-order chi connectivity index (χ0) is 13.1. The van der Waals surface area contributed by atoms with E-state index in [2.05, 4.69) is 0 Å². The molecular weight excluding hydrogens is 246 g/mol. The summed E-state index contributed by atoms with van der Waals surface area (Å²) in [5.74, 6) is -3.23. The number of hydrogen-bond acceptors (Lipinski definition) is 4. The number of carbonyl (C=O) groups is 2. The molecule has 0 spiro atoms. The normalized spacial score (nSPS) is 21.2. The zero-order valence-electron chi connectivity index (χ0n) is 9.76. The van der Waals surface area contributed by atoms with Crippen molar-refractivity contribution in [1.82, 2.24) is 4.90 Å². The highest BCUT2D eigenvalue weighted by atomic mass is 32.2. The van der Waals surface area contributed by atoms with E-state index in [1.807, 2.05) is 6.92 Å². The number of carbonyl (C=O) groups excluding carboxylic acids is 1. The molecule has 6 nitrogen and oxygen atoms in total. The standard InChI is InChI=1S/C10H17NO5S/c1-8-3-2-4-11(5-8)9(12)6-17(15,16)7-10(13)14/h8H,2-7H2,1H3,(H,13,14). The van der Waals surface area contributed by atoms with Gasteiger partial charge in [0.2, 0.25) is 5.91 Å². The molecule has 1 aliphatic rings. The number of rotatable bonds is 4. The number of hydrogen-bond donors (Lipinski definition) is 1. The summed E-state index contributed by atoms with van der Waals surface area (Å²) in [5, 5.41) is 8.41. The highest BCUT2D eigenvalue weighted by Gasteiger charge is 2.26. The number of carboxylic acids is 1. The van der Waals surface area contributed by atoms with E-state index in [0.717, 1.165) is 12.8 Å². The van der Waals surface area contributed by atoms with E-state index in [4.69, 9.17) is 5.11 Å². The van der Waals surface area contributed by atoms with Crippen LogP contribution in [0, 0.1) is 5.92 Å². The van der Waals surface area contributed by atoms with Crippen molar-refractivity contribution >= 4 is 21.7 Å². The third-order valence-corrected chi connectivity index (χ3v) is 4.07. The summed E-state index contributed by atoms with van der Waals surface area (Å²) in [4.78, 5) is 23.5. The molecule has 1 atom stereocenters. The van der Waals surface area contributed by atoms with E-state index in [-0.39, 0.29) is 0 Å². The number of carboxylic acid groups (broad SMARTS) is 1. The van der Waals surface area contributed by atoms with Gasteiger partial charge in [0, 0.05) is 13.1 Å². The van der Waals surface area contributed by atoms with E-state index in [9.17, 15) is 18.0 Å². The second-order valence-corrected chi connectivity index (χ2v) is 6.58. The van der Waals surface area contributed by atoms with Crippen LogP contribution in [0.4, 0.5) is 0 Å². The number of aliphatic carboxylic acids is 1. The molecule has 1 amide bonds. The summed E-state index contributed by atoms with van der Waals surface area (Å²) in [6.45, 7) is 3.12. The first-order valence-corrected chi connectivity index (χ1v) is 7.32. The molecule has 7 heteroatoms. The minimum atomic E-state index is -3.84. The van der Waals surface area contributed by atoms with Crippen LogP contribution in [0.25, 0.3) is 0 Å². The van der Waals surface area contributed by atoms with Crippen molar-refractivity contribution in [1.29, 1.82) is 0 Å². The summed E-state index contributed by atoms with van der Waals surface area (Å²) < 4.78 is 22.7. The summed E-state index contributed by atoms with van der Waals surface area (Å²) >= 11 is 0. The topological polar surface area (TPSA) is 91.8 Å². The van der Waals surface area contributed by atoms with Gasteiger partial charge in [-0.3, -0.25) is 9.59 Å². The first-order valence-electron chi connectivity index (χ1n) is 5.50. The summed E-state index contributed by atoms with van der Waals surface area (Å²) in [6.07, 6.45) is 1.90. The third kappa shape index (κ3) is 4.72. The minimum Gasteiger partial charge on any atom is -0.480 e. The predicted octanol–water partition coefficient (Wildman–Crippen LogP) is -0.256. The number of amides is 1. The van der Waals surface area contributed by atoms with Crippen molar-refractivity contribution in [3.8, 4) is 0 Å². The molecule has 1 heterocycles. The molecule has 0 radical (unpaired) electrons. The van der Waals surface area contributed by atoms with Gasteiger partial charge in [-0.1, -0.05) is 6.92 Å². The van der Waals surface area contributed by atoms with Gasteiger partial charge in [0.25, 0.3) is 0 Å². The van der Waals surface area contributed by atoms with E-state index in [1.54, 1.807) is 0 Å². The highest BCUT2D eigenvalue weighted by Crippen LogP contribution is 2.15. The molecule has 0 aromatic rings. The van der Waals surface area contributed by atoms with Gasteiger partial charge < -0.3 is 10.0 Å². The molecule has 1 fully saturated rings. The van der Waals surface area contributed by atoms with Gasteiger partial charge in [-0.05, 0) is 18.8 Å². The van der Waals surface area contributed by atoms with Gasteiger partial charge in [-0.15, -0.1) is 0 Å². The SMILES string of the molecule is CC1CCCN(C(=O)CS(=O)(=O)CC(=O)O)C1. The molecule has 17 heavy (non-hydrogen) atoms. The van der Waals surface area contributed by atoms with Crippen molar-refractivity contribution in [2.24, 2.45) is 5.92 Å². The van der Waals surface area contributed by atoms with Crippen LogP contribution in [-0.4, -0.2) is 54.9 Å². The predicted molar refractivity (Wildman–Crippen MR) is 61.3 cm³/mol. The second-order valence-electron chi connectivity index (χ2n) is 4.51. The molecule has 1 aliphatic heterocycles. The lowest BCUT2D eigenvalue weighted by molar-refractivity contribution is -0.134. The van der Waals surface area contributed by atoms with Gasteiger partial charge in [0.15, 0.2) is 9.84 Å². The molecule has 0 bridgehead atoms. The van der Waals surface area contributed by atoms with Gasteiger partial charge in [0.1, 0.15) is 11.5 Å². The number of likely N-dealkylation sites (tertiary alicyclic amines) is 1. The van der Waals surface area contributed by atoms with Gasteiger partial charge >= 0.3 is 5.97 Å².